The molecular weight excluding hydrogens is 370 g/mol. The van der Waals surface area contributed by atoms with Gasteiger partial charge in [-0.05, 0) is 44.0 Å². The van der Waals surface area contributed by atoms with Crippen LogP contribution >= 0.6 is 0 Å². The number of hydrogen-bond acceptors (Lipinski definition) is 7. The molecule has 1 amide bonds. The highest BCUT2D eigenvalue weighted by atomic mass is 16.5. The Morgan fingerprint density at radius 3 is 2.76 bits per heavy atom. The first kappa shape index (κ1) is 20.6. The summed E-state index contributed by atoms with van der Waals surface area (Å²) in [6.45, 7) is 2.28. The van der Waals surface area contributed by atoms with Gasteiger partial charge in [0.1, 0.15) is 22.7 Å². The van der Waals surface area contributed by atoms with Gasteiger partial charge in [-0.15, -0.1) is 0 Å². The Morgan fingerprint density at radius 2 is 2.00 bits per heavy atom. The van der Waals surface area contributed by atoms with E-state index in [0.29, 0.717) is 29.1 Å². The minimum atomic E-state index is -0.598. The fourth-order valence-electron chi connectivity index (χ4n) is 3.52. The van der Waals surface area contributed by atoms with E-state index in [9.17, 15) is 4.79 Å². The Hall–Kier alpha value is -3.13. The Balaban J connectivity index is 0.00000117. The van der Waals surface area contributed by atoms with Crippen LogP contribution in [0.2, 0.25) is 0 Å². The summed E-state index contributed by atoms with van der Waals surface area (Å²) in [5.41, 5.74) is 11.3. The lowest BCUT2D eigenvalue weighted by Crippen LogP contribution is -2.26. The van der Waals surface area contributed by atoms with Gasteiger partial charge in [0.25, 0.3) is 11.9 Å². The molecule has 2 aromatic heterocycles. The van der Waals surface area contributed by atoms with E-state index in [4.69, 9.17) is 14.9 Å². The molecule has 1 fully saturated rings. The summed E-state index contributed by atoms with van der Waals surface area (Å²) < 4.78 is 11.7. The second kappa shape index (κ2) is 9.38. The number of carbonyl (C=O) groups is 1. The first-order valence-corrected chi connectivity index (χ1v) is 9.75. The molecule has 2 unspecified atom stereocenters. The SMILES string of the molecule is CC1CCCC(Nc2nc3ccc(Oc4ccnc(C(N)=O)c4)cc3o2)C1.CN. The van der Waals surface area contributed by atoms with Gasteiger partial charge in [-0.1, -0.05) is 19.8 Å². The minimum absolute atomic E-state index is 0.154. The number of rotatable bonds is 5. The van der Waals surface area contributed by atoms with E-state index >= 15 is 0 Å². The number of amides is 1. The maximum Gasteiger partial charge on any atom is 0.295 e. The molecule has 1 aliphatic carbocycles. The molecule has 0 radical (unpaired) electrons. The molecule has 2 heterocycles. The van der Waals surface area contributed by atoms with E-state index in [-0.39, 0.29) is 5.69 Å². The van der Waals surface area contributed by atoms with Gasteiger partial charge in [0.05, 0.1) is 0 Å². The summed E-state index contributed by atoms with van der Waals surface area (Å²) in [6.07, 6.45) is 6.28. The molecule has 1 aromatic carbocycles. The molecule has 0 spiro atoms. The first-order chi connectivity index (χ1) is 14.1. The standard InChI is InChI=1S/C20H22N4O3.CH5N/c1-12-3-2-4-13(9-12)23-20-24-16-6-5-14(11-18(16)27-20)26-15-7-8-22-17(10-15)19(21)25;1-2/h5-8,10-13H,2-4,9H2,1H3,(H2,21,25)(H,23,24);2H2,1H3. The number of benzene rings is 1. The molecule has 3 aromatic rings. The van der Waals surface area contributed by atoms with Crippen LogP contribution in [-0.4, -0.2) is 29.0 Å². The quantitative estimate of drug-likeness (QED) is 0.599. The van der Waals surface area contributed by atoms with E-state index in [0.717, 1.165) is 24.3 Å². The normalized spacial score (nSPS) is 18.6. The highest BCUT2D eigenvalue weighted by Crippen LogP contribution is 2.30. The van der Waals surface area contributed by atoms with Crippen molar-refractivity contribution in [2.24, 2.45) is 17.4 Å². The third kappa shape index (κ3) is 5.23. The smallest absolute Gasteiger partial charge is 0.295 e. The number of oxazole rings is 1. The van der Waals surface area contributed by atoms with Crippen LogP contribution < -0.4 is 21.5 Å². The van der Waals surface area contributed by atoms with Gasteiger partial charge in [-0.2, -0.15) is 4.98 Å². The van der Waals surface area contributed by atoms with Crippen molar-refractivity contribution >= 4 is 23.0 Å². The van der Waals surface area contributed by atoms with Crippen molar-refractivity contribution in [3.05, 3.63) is 42.2 Å². The van der Waals surface area contributed by atoms with Gasteiger partial charge in [0, 0.05) is 24.4 Å². The molecule has 0 bridgehead atoms. The Bertz CT molecular complexity index is 972. The molecule has 0 saturated heterocycles. The molecule has 5 N–H and O–H groups in total. The van der Waals surface area contributed by atoms with Crippen LogP contribution in [0.3, 0.4) is 0 Å². The number of fused-ring (bicyclic) bond motifs is 1. The summed E-state index contributed by atoms with van der Waals surface area (Å²) in [5.74, 6) is 1.19. The third-order valence-corrected chi connectivity index (χ3v) is 4.84. The number of carbonyl (C=O) groups excluding carboxylic acids is 1. The number of nitrogens with zero attached hydrogens (tertiary/aromatic N) is 2. The van der Waals surface area contributed by atoms with E-state index in [1.165, 1.54) is 32.2 Å². The van der Waals surface area contributed by atoms with Crippen LogP contribution in [0.25, 0.3) is 11.1 Å². The first-order valence-electron chi connectivity index (χ1n) is 9.75. The zero-order chi connectivity index (χ0) is 20.8. The monoisotopic (exact) mass is 397 g/mol. The number of nitrogens with one attached hydrogen (secondary N) is 1. The van der Waals surface area contributed by atoms with Crippen molar-refractivity contribution in [2.75, 3.05) is 12.4 Å². The van der Waals surface area contributed by atoms with Crippen molar-refractivity contribution in [3.8, 4) is 11.5 Å². The average Bonchev–Trinajstić information content (AvgIpc) is 3.11. The molecule has 0 aliphatic heterocycles. The van der Waals surface area contributed by atoms with E-state index in [2.05, 4.69) is 27.9 Å². The van der Waals surface area contributed by atoms with Gasteiger partial charge < -0.3 is 25.9 Å². The zero-order valence-corrected chi connectivity index (χ0v) is 16.7. The average molecular weight is 397 g/mol. The molecule has 8 nitrogen and oxygen atoms in total. The molecular formula is C21H27N5O3. The van der Waals surface area contributed by atoms with Crippen LogP contribution in [0, 0.1) is 5.92 Å². The van der Waals surface area contributed by atoms with Crippen molar-refractivity contribution in [3.63, 3.8) is 0 Å². The molecule has 4 rings (SSSR count). The second-order valence-electron chi connectivity index (χ2n) is 7.10. The van der Waals surface area contributed by atoms with Crippen LogP contribution in [0.15, 0.2) is 40.9 Å². The summed E-state index contributed by atoms with van der Waals surface area (Å²) in [6, 6.07) is 9.54. The van der Waals surface area contributed by atoms with Gasteiger partial charge in [0.2, 0.25) is 0 Å². The van der Waals surface area contributed by atoms with Crippen LogP contribution in [-0.2, 0) is 0 Å². The second-order valence-corrected chi connectivity index (χ2v) is 7.10. The predicted octanol–water partition coefficient (Wildman–Crippen LogP) is 3.68. The predicted molar refractivity (Wildman–Crippen MR) is 112 cm³/mol. The highest BCUT2D eigenvalue weighted by Gasteiger charge is 2.20. The number of primary amides is 1. The maximum absolute atomic E-state index is 11.2. The van der Waals surface area contributed by atoms with Crippen molar-refractivity contribution in [2.45, 2.75) is 38.6 Å². The lowest BCUT2D eigenvalue weighted by molar-refractivity contribution is 0.0995. The number of anilines is 1. The number of pyridine rings is 1. The molecule has 29 heavy (non-hydrogen) atoms. The fourth-order valence-corrected chi connectivity index (χ4v) is 3.52. The summed E-state index contributed by atoms with van der Waals surface area (Å²) in [5, 5.41) is 3.41. The van der Waals surface area contributed by atoms with Gasteiger partial charge in [-0.25, -0.2) is 0 Å². The largest absolute Gasteiger partial charge is 0.457 e. The van der Waals surface area contributed by atoms with Crippen molar-refractivity contribution in [1.82, 2.24) is 9.97 Å². The van der Waals surface area contributed by atoms with Gasteiger partial charge in [0.15, 0.2) is 5.58 Å². The number of nitrogens with two attached hydrogens (primary N) is 2. The Kier molecular flexibility index (Phi) is 6.66. The topological polar surface area (TPSA) is 129 Å². The van der Waals surface area contributed by atoms with Gasteiger partial charge >= 0.3 is 0 Å². The lowest BCUT2D eigenvalue weighted by Gasteiger charge is -2.26. The number of ether oxygens (including phenoxy) is 1. The van der Waals surface area contributed by atoms with E-state index in [1.807, 2.05) is 12.1 Å². The maximum atomic E-state index is 11.2. The zero-order valence-electron chi connectivity index (χ0n) is 16.7. The van der Waals surface area contributed by atoms with E-state index in [1.54, 1.807) is 12.1 Å². The van der Waals surface area contributed by atoms with Crippen molar-refractivity contribution < 1.29 is 13.9 Å². The van der Waals surface area contributed by atoms with Gasteiger partial charge in [-0.3, -0.25) is 9.78 Å². The Morgan fingerprint density at radius 1 is 1.21 bits per heavy atom. The summed E-state index contributed by atoms with van der Waals surface area (Å²) in [4.78, 5) is 19.7. The molecule has 1 saturated carbocycles. The molecule has 8 heteroatoms. The highest BCUT2D eigenvalue weighted by molar-refractivity contribution is 5.91. The van der Waals surface area contributed by atoms with E-state index < -0.39 is 5.91 Å². The number of hydrogen-bond donors (Lipinski definition) is 3. The Labute approximate surface area is 169 Å². The molecule has 154 valence electrons. The van der Waals surface area contributed by atoms with Crippen molar-refractivity contribution in [1.29, 1.82) is 0 Å². The number of aromatic nitrogens is 2. The van der Waals surface area contributed by atoms with Crippen LogP contribution in [0.4, 0.5) is 6.01 Å². The van der Waals surface area contributed by atoms with Crippen LogP contribution in [0.1, 0.15) is 43.1 Å². The minimum Gasteiger partial charge on any atom is -0.457 e. The summed E-state index contributed by atoms with van der Waals surface area (Å²) in [7, 11) is 1.50. The fraction of sp³-hybridized carbons (Fsp3) is 0.381. The lowest BCUT2D eigenvalue weighted by atomic mass is 9.87. The summed E-state index contributed by atoms with van der Waals surface area (Å²) >= 11 is 0. The third-order valence-electron chi connectivity index (χ3n) is 4.84. The molecule has 2 atom stereocenters. The van der Waals surface area contributed by atoms with Crippen LogP contribution in [0.5, 0.6) is 11.5 Å². The molecule has 1 aliphatic rings.